The molecule has 23 heavy (non-hydrogen) atoms. The number of benzene rings is 1. The number of rotatable bonds is 3. The van der Waals surface area contributed by atoms with Crippen molar-refractivity contribution in [1.82, 2.24) is 4.90 Å². The molecule has 1 saturated heterocycles. The van der Waals surface area contributed by atoms with E-state index in [1.54, 1.807) is 18.2 Å². The number of carbonyl (C=O) groups excluding carboxylic acids is 3. The average Bonchev–Trinajstić information content (AvgIpc) is 2.77. The highest BCUT2D eigenvalue weighted by Gasteiger charge is 2.41. The fourth-order valence-electron chi connectivity index (χ4n) is 1.91. The zero-order valence-electron chi connectivity index (χ0n) is 12.0. The number of halogens is 2. The fraction of sp³-hybridized carbons (Fsp3) is 0.214. The molecule has 1 heterocycles. The molecule has 1 atom stereocenters. The first-order valence-corrected chi connectivity index (χ1v) is 8.98. The molecule has 2 amide bonds. The van der Waals surface area contributed by atoms with Gasteiger partial charge < -0.3 is 9.84 Å². The molecule has 1 aromatic carbocycles. The molecular weight excluding hydrogens is 501 g/mol. The van der Waals surface area contributed by atoms with Crippen molar-refractivity contribution in [1.29, 1.82) is 0 Å². The lowest BCUT2D eigenvalue weighted by Crippen LogP contribution is -2.42. The monoisotopic (exact) mass is 511 g/mol. The van der Waals surface area contributed by atoms with Gasteiger partial charge >= 0.3 is 5.97 Å². The van der Waals surface area contributed by atoms with Gasteiger partial charge in [-0.15, -0.1) is 0 Å². The van der Waals surface area contributed by atoms with Crippen LogP contribution in [-0.2, 0) is 14.3 Å². The molecule has 1 aromatic rings. The van der Waals surface area contributed by atoms with E-state index in [-0.39, 0.29) is 10.7 Å². The van der Waals surface area contributed by atoms with E-state index in [0.29, 0.717) is 13.6 Å². The summed E-state index contributed by atoms with van der Waals surface area (Å²) in [6.45, 7) is 1.44. The zero-order valence-corrected chi connectivity index (χ0v) is 16.6. The summed E-state index contributed by atoms with van der Waals surface area (Å²) in [4.78, 5) is 37.0. The zero-order chi connectivity index (χ0) is 17.3. The largest absolute Gasteiger partial charge is 0.506 e. The number of aromatic hydroxyl groups is 1. The van der Waals surface area contributed by atoms with E-state index in [9.17, 15) is 19.5 Å². The second-order valence-electron chi connectivity index (χ2n) is 4.58. The molecule has 1 aliphatic heterocycles. The predicted octanol–water partition coefficient (Wildman–Crippen LogP) is 3.36. The number of ether oxygens (including phenoxy) is 1. The molecule has 0 aromatic heterocycles. The SMILES string of the molecule is COC(=O)[C@@H](C)N1C(=O)S/C(=C/c2cc(Br)c(O)c(I)c2)C1=O. The molecule has 0 bridgehead atoms. The first-order valence-electron chi connectivity index (χ1n) is 6.29. The van der Waals surface area contributed by atoms with E-state index in [1.807, 2.05) is 22.6 Å². The van der Waals surface area contributed by atoms with Crippen LogP contribution in [0.4, 0.5) is 4.79 Å². The first kappa shape index (κ1) is 18.3. The van der Waals surface area contributed by atoms with Crippen molar-refractivity contribution in [3.63, 3.8) is 0 Å². The van der Waals surface area contributed by atoms with Crippen LogP contribution < -0.4 is 0 Å². The normalized spacial score (nSPS) is 17.7. The third-order valence-electron chi connectivity index (χ3n) is 3.09. The minimum absolute atomic E-state index is 0.107. The maximum atomic E-state index is 12.4. The molecule has 1 N–H and O–H groups in total. The number of phenolic OH excluding ortho intramolecular Hbond substituents is 1. The quantitative estimate of drug-likeness (QED) is 0.380. The summed E-state index contributed by atoms with van der Waals surface area (Å²) in [5.41, 5.74) is 0.648. The summed E-state index contributed by atoms with van der Waals surface area (Å²) in [7, 11) is 1.20. The van der Waals surface area contributed by atoms with Crippen molar-refractivity contribution in [2.75, 3.05) is 7.11 Å². The van der Waals surface area contributed by atoms with E-state index in [4.69, 9.17) is 0 Å². The number of methoxy groups -OCH3 is 1. The molecule has 0 radical (unpaired) electrons. The number of imide groups is 1. The van der Waals surface area contributed by atoms with Crippen LogP contribution in [0.25, 0.3) is 6.08 Å². The van der Waals surface area contributed by atoms with Gasteiger partial charge in [0.2, 0.25) is 0 Å². The Kier molecular flexibility index (Phi) is 5.74. The Bertz CT molecular complexity index is 713. The summed E-state index contributed by atoms with van der Waals surface area (Å²) < 4.78 is 5.66. The molecule has 0 aliphatic carbocycles. The van der Waals surface area contributed by atoms with Crippen LogP contribution in [0.1, 0.15) is 12.5 Å². The van der Waals surface area contributed by atoms with E-state index in [1.165, 1.54) is 14.0 Å². The minimum atomic E-state index is -0.981. The number of nitrogens with zero attached hydrogens (tertiary/aromatic N) is 1. The third-order valence-corrected chi connectivity index (χ3v) is 5.40. The van der Waals surface area contributed by atoms with Gasteiger partial charge in [0.25, 0.3) is 11.1 Å². The van der Waals surface area contributed by atoms with Gasteiger partial charge in [0.1, 0.15) is 11.8 Å². The van der Waals surface area contributed by atoms with Crippen LogP contribution in [0.3, 0.4) is 0 Å². The molecule has 0 unspecified atom stereocenters. The lowest BCUT2D eigenvalue weighted by atomic mass is 10.2. The predicted molar refractivity (Wildman–Crippen MR) is 97.8 cm³/mol. The van der Waals surface area contributed by atoms with Crippen molar-refractivity contribution >= 4 is 73.5 Å². The Hall–Kier alpha value is -1.07. The highest BCUT2D eigenvalue weighted by Crippen LogP contribution is 2.36. The Morgan fingerprint density at radius 3 is 2.70 bits per heavy atom. The van der Waals surface area contributed by atoms with Crippen molar-refractivity contribution < 1.29 is 24.2 Å². The average molecular weight is 512 g/mol. The van der Waals surface area contributed by atoms with Gasteiger partial charge in [0.15, 0.2) is 0 Å². The lowest BCUT2D eigenvalue weighted by Gasteiger charge is -2.18. The van der Waals surface area contributed by atoms with E-state index in [0.717, 1.165) is 16.7 Å². The lowest BCUT2D eigenvalue weighted by molar-refractivity contribution is -0.148. The van der Waals surface area contributed by atoms with Crippen molar-refractivity contribution in [2.24, 2.45) is 0 Å². The molecule has 1 fully saturated rings. The Morgan fingerprint density at radius 2 is 2.13 bits per heavy atom. The standard InChI is InChI=1S/C14H11BrINO5S/c1-6(13(20)22-2)17-12(19)10(23-14(17)21)5-7-3-8(15)11(18)9(16)4-7/h3-6,18H,1-2H3/b10-5+/t6-/m1/s1. The number of phenols is 1. The Balaban J connectivity index is 2.34. The summed E-state index contributed by atoms with van der Waals surface area (Å²) in [6, 6.07) is 2.33. The number of hydrogen-bond acceptors (Lipinski definition) is 6. The molecule has 9 heteroatoms. The van der Waals surface area contributed by atoms with Crippen molar-refractivity contribution in [2.45, 2.75) is 13.0 Å². The number of thioether (sulfide) groups is 1. The number of esters is 1. The van der Waals surface area contributed by atoms with Crippen molar-refractivity contribution in [3.8, 4) is 5.75 Å². The molecule has 0 saturated carbocycles. The molecule has 122 valence electrons. The Labute approximate surface area is 158 Å². The fourth-order valence-corrected chi connectivity index (χ4v) is 4.32. The van der Waals surface area contributed by atoms with E-state index in [2.05, 4.69) is 20.7 Å². The summed E-state index contributed by atoms with van der Waals surface area (Å²) in [5.74, 6) is -1.09. The summed E-state index contributed by atoms with van der Waals surface area (Å²) in [6.07, 6.45) is 1.54. The third kappa shape index (κ3) is 3.72. The molecule has 0 spiro atoms. The molecular formula is C14H11BrINO5S. The van der Waals surface area contributed by atoms with E-state index < -0.39 is 23.2 Å². The molecule has 1 aliphatic rings. The maximum Gasteiger partial charge on any atom is 0.328 e. The second-order valence-corrected chi connectivity index (χ2v) is 7.59. The van der Waals surface area contributed by atoms with Gasteiger partial charge in [-0.3, -0.25) is 14.5 Å². The Morgan fingerprint density at radius 1 is 1.48 bits per heavy atom. The van der Waals surface area contributed by atoms with Crippen LogP contribution in [0.15, 0.2) is 21.5 Å². The minimum Gasteiger partial charge on any atom is -0.506 e. The van der Waals surface area contributed by atoms with E-state index >= 15 is 0 Å². The number of carbonyl (C=O) groups is 3. The number of hydrogen-bond donors (Lipinski definition) is 1. The molecule has 2 rings (SSSR count). The first-order chi connectivity index (χ1) is 10.8. The summed E-state index contributed by atoms with van der Waals surface area (Å²) in [5, 5.41) is 9.21. The topological polar surface area (TPSA) is 83.9 Å². The smallest absolute Gasteiger partial charge is 0.328 e. The van der Waals surface area contributed by atoms with Gasteiger partial charge in [-0.2, -0.15) is 0 Å². The van der Waals surface area contributed by atoms with Crippen LogP contribution in [0, 0.1) is 3.57 Å². The maximum absolute atomic E-state index is 12.4. The van der Waals surface area contributed by atoms with Gasteiger partial charge in [-0.1, -0.05) is 0 Å². The second kappa shape index (κ2) is 7.22. The number of amides is 2. The highest BCUT2D eigenvalue weighted by molar-refractivity contribution is 14.1. The van der Waals surface area contributed by atoms with Crippen LogP contribution in [0.2, 0.25) is 0 Å². The summed E-state index contributed by atoms with van der Waals surface area (Å²) >= 11 is 5.94. The van der Waals surface area contributed by atoms with Gasteiger partial charge in [0.05, 0.1) is 20.1 Å². The van der Waals surface area contributed by atoms with Gasteiger partial charge in [-0.05, 0) is 81.0 Å². The van der Waals surface area contributed by atoms with Crippen molar-refractivity contribution in [3.05, 3.63) is 30.6 Å². The molecule has 6 nitrogen and oxygen atoms in total. The van der Waals surface area contributed by atoms with Crippen LogP contribution >= 0.6 is 50.3 Å². The highest BCUT2D eigenvalue weighted by atomic mass is 127. The van der Waals surface area contributed by atoms with Crippen LogP contribution in [0.5, 0.6) is 5.75 Å². The van der Waals surface area contributed by atoms with Crippen LogP contribution in [-0.4, -0.2) is 40.3 Å². The van der Waals surface area contributed by atoms with Gasteiger partial charge in [-0.25, -0.2) is 4.79 Å². The van der Waals surface area contributed by atoms with Gasteiger partial charge in [0, 0.05) is 0 Å².